The van der Waals surface area contributed by atoms with E-state index in [0.717, 1.165) is 72.3 Å². The Balaban J connectivity index is 1.04. The molecule has 0 radical (unpaired) electrons. The van der Waals surface area contributed by atoms with E-state index in [9.17, 15) is 32.3 Å². The van der Waals surface area contributed by atoms with Crippen LogP contribution in [0.25, 0.3) is 32.0 Å². The van der Waals surface area contributed by atoms with Gasteiger partial charge in [0, 0.05) is 58.3 Å². The SMILES string of the molecule is CCC1(CC)c2cc(C3=CC(=C4C(=O)c5cc(F)c(F)cc5C4=O)c4ccccc43)sc2-c2sc(C3=C/C(=C4/C(=O)c5cc(C)c(F)cc5C4=O)c4ccccc43)cc21. The van der Waals surface area contributed by atoms with Gasteiger partial charge < -0.3 is 0 Å². The zero-order valence-electron chi connectivity index (χ0n) is 31.7. The van der Waals surface area contributed by atoms with Crippen molar-refractivity contribution >= 4 is 68.1 Å². The number of hydrogen-bond acceptors (Lipinski definition) is 6. The molecule has 2 aromatic heterocycles. The topological polar surface area (TPSA) is 68.3 Å². The molecule has 0 saturated heterocycles. The molecule has 0 bridgehead atoms. The Morgan fingerprint density at radius 3 is 1.27 bits per heavy atom. The smallest absolute Gasteiger partial charge is 0.198 e. The summed E-state index contributed by atoms with van der Waals surface area (Å²) in [5.74, 6) is -4.99. The van der Waals surface area contributed by atoms with Gasteiger partial charge in [-0.3, -0.25) is 19.2 Å². The van der Waals surface area contributed by atoms with Gasteiger partial charge in [0.15, 0.2) is 34.8 Å². The second-order valence-electron chi connectivity index (χ2n) is 15.6. The Morgan fingerprint density at radius 1 is 0.492 bits per heavy atom. The lowest BCUT2D eigenvalue weighted by Gasteiger charge is -2.28. The number of ketones is 4. The van der Waals surface area contributed by atoms with E-state index in [0.29, 0.717) is 22.3 Å². The fraction of sp³-hybridized carbons (Fsp3) is 0.120. The molecule has 5 aliphatic carbocycles. The van der Waals surface area contributed by atoms with Crippen LogP contribution in [-0.4, -0.2) is 23.1 Å². The predicted molar refractivity (Wildman–Crippen MR) is 225 cm³/mol. The van der Waals surface area contributed by atoms with Crippen molar-refractivity contribution in [2.24, 2.45) is 0 Å². The standard InChI is InChI=1S/C50H29F3O4S2/c1-4-50(5-2)35-20-40(27-15-29(25-12-8-6-10-23(25)27)42-44(54)31-14-22(3)37(51)17-32(31)45(42)55)58-48(35)49-36(50)21-41(59-49)28-16-30(26-13-9-7-11-24(26)28)43-46(56)33-18-38(52)39(53)19-34(33)47(43)57/h6-21H,4-5H2,1-3H3/b42-29+. The first-order chi connectivity index (χ1) is 28.4. The van der Waals surface area contributed by atoms with Crippen LogP contribution >= 0.6 is 22.7 Å². The number of benzene rings is 4. The molecule has 0 N–H and O–H groups in total. The van der Waals surface area contributed by atoms with Crippen LogP contribution in [0, 0.1) is 24.4 Å². The van der Waals surface area contributed by atoms with Crippen LogP contribution in [0.1, 0.15) is 117 Å². The largest absolute Gasteiger partial charge is 0.288 e. The van der Waals surface area contributed by atoms with Crippen LogP contribution < -0.4 is 0 Å². The first-order valence-corrected chi connectivity index (χ1v) is 21.0. The molecule has 2 heterocycles. The molecule has 0 spiro atoms. The van der Waals surface area contributed by atoms with Crippen molar-refractivity contribution in [1.82, 2.24) is 0 Å². The van der Waals surface area contributed by atoms with Gasteiger partial charge in [0.05, 0.1) is 11.1 Å². The van der Waals surface area contributed by atoms with Crippen molar-refractivity contribution in [3.63, 3.8) is 0 Å². The molecule has 59 heavy (non-hydrogen) atoms. The normalized spacial score (nSPS) is 18.0. The van der Waals surface area contributed by atoms with E-state index >= 15 is 0 Å². The van der Waals surface area contributed by atoms with Crippen LogP contribution in [0.3, 0.4) is 0 Å². The summed E-state index contributed by atoms with van der Waals surface area (Å²) in [6.45, 7) is 5.96. The first kappa shape index (κ1) is 35.8. The maximum absolute atomic E-state index is 14.6. The predicted octanol–water partition coefficient (Wildman–Crippen LogP) is 12.2. The molecule has 6 aromatic rings. The van der Waals surface area contributed by atoms with Gasteiger partial charge in [-0.25, -0.2) is 13.2 Å². The Morgan fingerprint density at radius 2 is 0.864 bits per heavy atom. The number of hydrogen-bond donors (Lipinski definition) is 0. The number of thiophene rings is 2. The van der Waals surface area contributed by atoms with Gasteiger partial charge in [-0.15, -0.1) is 22.7 Å². The molecule has 0 atom stereocenters. The fourth-order valence-electron chi connectivity index (χ4n) is 9.79. The second kappa shape index (κ2) is 12.4. The molecule has 5 aliphatic rings. The molecule has 4 nitrogen and oxygen atoms in total. The number of fused-ring (bicyclic) bond motifs is 7. The van der Waals surface area contributed by atoms with Crippen molar-refractivity contribution in [2.75, 3.05) is 0 Å². The third-order valence-electron chi connectivity index (χ3n) is 12.8. The quantitative estimate of drug-likeness (QED) is 0.131. The highest BCUT2D eigenvalue weighted by atomic mass is 32.1. The van der Waals surface area contributed by atoms with Crippen molar-refractivity contribution in [1.29, 1.82) is 0 Å². The number of allylic oxidation sites excluding steroid dienone is 6. The van der Waals surface area contributed by atoms with E-state index < -0.39 is 40.6 Å². The minimum absolute atomic E-state index is 0.0573. The molecule has 0 saturated carbocycles. The van der Waals surface area contributed by atoms with Gasteiger partial charge >= 0.3 is 0 Å². The summed E-state index contributed by atoms with van der Waals surface area (Å²) in [6, 6.07) is 24.1. The van der Waals surface area contributed by atoms with Crippen LogP contribution in [0.2, 0.25) is 0 Å². The average Bonchev–Trinajstić information content (AvgIpc) is 4.10. The number of Topliss-reactive ketones (excluding diaryl/α,β-unsaturated/α-hetero) is 4. The van der Waals surface area contributed by atoms with Crippen LogP contribution in [0.4, 0.5) is 13.2 Å². The van der Waals surface area contributed by atoms with E-state index in [2.05, 4.69) is 26.0 Å². The van der Waals surface area contributed by atoms with E-state index in [-0.39, 0.29) is 38.8 Å². The summed E-state index contributed by atoms with van der Waals surface area (Å²) in [6.07, 6.45) is 5.47. The lowest BCUT2D eigenvalue weighted by Crippen LogP contribution is -2.22. The van der Waals surface area contributed by atoms with Crippen molar-refractivity contribution < 1.29 is 32.3 Å². The maximum atomic E-state index is 14.6. The lowest BCUT2D eigenvalue weighted by molar-refractivity contribution is 0.0974. The zero-order chi connectivity index (χ0) is 40.8. The number of carbonyl (C=O) groups is 4. The minimum atomic E-state index is -1.18. The molecule has 9 heteroatoms. The van der Waals surface area contributed by atoms with E-state index in [1.54, 1.807) is 29.6 Å². The van der Waals surface area contributed by atoms with Gasteiger partial charge in [-0.1, -0.05) is 62.4 Å². The molecule has 0 unspecified atom stereocenters. The molecule has 0 fully saturated rings. The summed E-state index contributed by atoms with van der Waals surface area (Å²) in [5.41, 5.74) is 8.47. The number of rotatable bonds is 4. The molecule has 0 aliphatic heterocycles. The number of aryl methyl sites for hydroxylation is 1. The monoisotopic (exact) mass is 814 g/mol. The van der Waals surface area contributed by atoms with Crippen molar-refractivity contribution in [3.05, 3.63) is 197 Å². The van der Waals surface area contributed by atoms with Gasteiger partial charge in [0.2, 0.25) is 0 Å². The van der Waals surface area contributed by atoms with Crippen LogP contribution in [0.15, 0.2) is 108 Å². The number of carbonyl (C=O) groups excluding carboxylic acids is 4. The molecule has 4 aromatic carbocycles. The van der Waals surface area contributed by atoms with E-state index in [4.69, 9.17) is 0 Å². The van der Waals surface area contributed by atoms with E-state index in [1.165, 1.54) is 23.3 Å². The Hall–Kier alpha value is -6.29. The summed E-state index contributed by atoms with van der Waals surface area (Å²) < 4.78 is 43.1. The molecule has 286 valence electrons. The van der Waals surface area contributed by atoms with Gasteiger partial charge in [0.25, 0.3) is 0 Å². The Kier molecular flexibility index (Phi) is 7.51. The molecular formula is C50H29F3O4S2. The first-order valence-electron chi connectivity index (χ1n) is 19.3. The fourth-order valence-corrected chi connectivity index (χ4v) is 12.5. The summed E-state index contributed by atoms with van der Waals surface area (Å²) >= 11 is 3.33. The van der Waals surface area contributed by atoms with Gasteiger partial charge in [0.1, 0.15) is 5.82 Å². The van der Waals surface area contributed by atoms with Crippen LogP contribution in [0.5, 0.6) is 0 Å². The highest BCUT2D eigenvalue weighted by Gasteiger charge is 2.46. The lowest BCUT2D eigenvalue weighted by atomic mass is 9.74. The van der Waals surface area contributed by atoms with Gasteiger partial charge in [-0.2, -0.15) is 0 Å². The summed E-state index contributed by atoms with van der Waals surface area (Å²) in [4.78, 5) is 59.2. The third kappa shape index (κ3) is 4.65. The highest BCUT2D eigenvalue weighted by Crippen LogP contribution is 2.61. The molecule has 0 amide bonds. The van der Waals surface area contributed by atoms with Crippen LogP contribution in [-0.2, 0) is 5.41 Å². The number of halogens is 3. The summed E-state index contributed by atoms with van der Waals surface area (Å²) in [5, 5.41) is 0. The average molecular weight is 815 g/mol. The zero-order valence-corrected chi connectivity index (χ0v) is 33.4. The summed E-state index contributed by atoms with van der Waals surface area (Å²) in [7, 11) is 0. The van der Waals surface area contributed by atoms with Gasteiger partial charge in [-0.05, 0) is 118 Å². The Bertz CT molecular complexity index is 2900. The third-order valence-corrected chi connectivity index (χ3v) is 15.3. The maximum Gasteiger partial charge on any atom is 0.198 e. The molecular weight excluding hydrogens is 786 g/mol. The Labute approximate surface area is 344 Å². The van der Waals surface area contributed by atoms with E-state index in [1.807, 2.05) is 60.7 Å². The van der Waals surface area contributed by atoms with Crippen molar-refractivity contribution in [3.8, 4) is 9.75 Å². The second-order valence-corrected chi connectivity index (χ2v) is 17.7. The minimum Gasteiger partial charge on any atom is -0.288 e. The van der Waals surface area contributed by atoms with Crippen molar-refractivity contribution in [2.45, 2.75) is 39.0 Å². The highest BCUT2D eigenvalue weighted by molar-refractivity contribution is 7.23. The molecule has 11 rings (SSSR count).